The summed E-state index contributed by atoms with van der Waals surface area (Å²) in [6, 6.07) is 9.07. The van der Waals surface area contributed by atoms with Crippen molar-refractivity contribution in [3.05, 3.63) is 83.6 Å². The van der Waals surface area contributed by atoms with Crippen LogP contribution < -0.4 is 20.5 Å². The minimum atomic E-state index is -4.95. The van der Waals surface area contributed by atoms with Crippen molar-refractivity contribution < 1.29 is 41.1 Å². The van der Waals surface area contributed by atoms with E-state index in [9.17, 15) is 22.6 Å². The number of para-hydroxylation sites is 1. The van der Waals surface area contributed by atoms with Crippen molar-refractivity contribution in [2.75, 3.05) is 11.1 Å². The van der Waals surface area contributed by atoms with Crippen molar-refractivity contribution in [1.29, 1.82) is 0 Å². The number of pyridine rings is 2. The zero-order valence-electron chi connectivity index (χ0n) is 17.7. The van der Waals surface area contributed by atoms with E-state index in [1.54, 1.807) is 18.2 Å². The maximum atomic E-state index is 14.5. The number of hydrogen-bond acceptors (Lipinski definition) is 8. The van der Waals surface area contributed by atoms with Gasteiger partial charge < -0.3 is 19.6 Å². The number of anilines is 3. The summed E-state index contributed by atoms with van der Waals surface area (Å²) in [6.07, 6.45) is 2.86. The Hall–Kier alpha value is -3.77. The Morgan fingerprint density at radius 1 is 1.17 bits per heavy atom. The van der Waals surface area contributed by atoms with E-state index in [2.05, 4.69) is 20.0 Å². The first-order valence-corrected chi connectivity index (χ1v) is 11.4. The molecular weight excluding hydrogens is 490 g/mol. The second kappa shape index (κ2) is 9.84. The third-order valence-electron chi connectivity index (χ3n) is 4.79. The molecule has 1 aromatic carbocycles. The van der Waals surface area contributed by atoms with E-state index in [4.69, 9.17) is 15.2 Å². The van der Waals surface area contributed by atoms with Crippen LogP contribution >= 0.6 is 7.82 Å². The minimum absolute atomic E-state index is 0.0761. The molecule has 4 N–H and O–H groups in total. The molecule has 0 aliphatic heterocycles. The van der Waals surface area contributed by atoms with Gasteiger partial charge in [-0.3, -0.25) is 14.8 Å². The summed E-state index contributed by atoms with van der Waals surface area (Å²) in [5.41, 5.74) is 6.67. The molecule has 0 radical (unpaired) electrons. The summed E-state index contributed by atoms with van der Waals surface area (Å²) in [4.78, 5) is 23.5. The number of halogens is 3. The number of phosphoric acid groups is 1. The maximum Gasteiger partial charge on any atom is 0.285 e. The fraction of sp³-hybridized carbons (Fsp3) is 0.0952. The lowest BCUT2D eigenvalue weighted by Crippen LogP contribution is -2.38. The van der Waals surface area contributed by atoms with E-state index in [1.807, 2.05) is 0 Å². The average Bonchev–Trinajstić information content (AvgIpc) is 3.24. The van der Waals surface area contributed by atoms with Crippen molar-refractivity contribution in [2.45, 2.75) is 13.2 Å². The lowest BCUT2D eigenvalue weighted by molar-refractivity contribution is -0.712. The molecule has 35 heavy (non-hydrogen) atoms. The molecule has 0 aliphatic rings. The van der Waals surface area contributed by atoms with Crippen LogP contribution in [0.15, 0.2) is 59.4 Å². The zero-order valence-corrected chi connectivity index (χ0v) is 18.6. The number of nitrogen functional groups attached to an aromatic ring is 1. The normalized spacial score (nSPS) is 12.9. The van der Waals surface area contributed by atoms with Crippen LogP contribution in [0.2, 0.25) is 0 Å². The molecule has 182 valence electrons. The summed E-state index contributed by atoms with van der Waals surface area (Å²) >= 11 is 0. The molecule has 0 fully saturated rings. The molecule has 4 aromatic rings. The van der Waals surface area contributed by atoms with Gasteiger partial charge in [-0.1, -0.05) is 11.2 Å². The molecule has 0 bridgehead atoms. The van der Waals surface area contributed by atoms with Gasteiger partial charge in [0.1, 0.15) is 22.9 Å². The molecule has 3 aromatic heterocycles. The second-order valence-corrected chi connectivity index (χ2v) is 8.45. The summed E-state index contributed by atoms with van der Waals surface area (Å²) in [6.45, 7) is -0.555. The molecule has 0 amide bonds. The Balaban J connectivity index is 1.50. The van der Waals surface area contributed by atoms with Gasteiger partial charge in [-0.25, -0.2) is 22.7 Å². The summed E-state index contributed by atoms with van der Waals surface area (Å²) < 4.78 is 63.8. The van der Waals surface area contributed by atoms with Gasteiger partial charge in [0.05, 0.1) is 11.9 Å². The molecule has 0 spiro atoms. The molecule has 0 aliphatic carbocycles. The second-order valence-electron chi connectivity index (χ2n) is 7.26. The Morgan fingerprint density at radius 2 is 1.91 bits per heavy atom. The Kier molecular flexibility index (Phi) is 6.85. The lowest BCUT2D eigenvalue weighted by atomic mass is 10.1. The highest BCUT2D eigenvalue weighted by molar-refractivity contribution is 7.44. The third-order valence-corrected chi connectivity index (χ3v) is 5.23. The van der Waals surface area contributed by atoms with Crippen LogP contribution in [0.5, 0.6) is 0 Å². The van der Waals surface area contributed by atoms with Gasteiger partial charge >= 0.3 is 0 Å². The number of aromatic nitrogens is 3. The van der Waals surface area contributed by atoms with E-state index >= 15 is 0 Å². The Bertz CT molecular complexity index is 1410. The zero-order chi connectivity index (χ0) is 25.2. The van der Waals surface area contributed by atoms with Crippen LogP contribution in [0.1, 0.15) is 11.3 Å². The van der Waals surface area contributed by atoms with Gasteiger partial charge in [-0.15, -0.1) is 0 Å². The van der Waals surface area contributed by atoms with Crippen LogP contribution in [0.4, 0.5) is 30.5 Å². The van der Waals surface area contributed by atoms with Crippen LogP contribution in [0.3, 0.4) is 0 Å². The van der Waals surface area contributed by atoms with Gasteiger partial charge in [0.25, 0.3) is 13.6 Å². The predicted octanol–water partition coefficient (Wildman–Crippen LogP) is 2.79. The van der Waals surface area contributed by atoms with Crippen LogP contribution in [-0.2, 0) is 22.2 Å². The van der Waals surface area contributed by atoms with Gasteiger partial charge in [0, 0.05) is 18.7 Å². The smallest absolute Gasteiger partial charge is 0.285 e. The molecule has 3 heterocycles. The van der Waals surface area contributed by atoms with E-state index in [1.165, 1.54) is 23.0 Å². The monoisotopic (exact) mass is 507 g/mol. The van der Waals surface area contributed by atoms with E-state index in [-0.39, 0.29) is 23.8 Å². The molecule has 14 heteroatoms. The molecule has 1 unspecified atom stereocenters. The first-order valence-electron chi connectivity index (χ1n) is 9.88. The first-order chi connectivity index (χ1) is 16.6. The number of nitrogens with two attached hydrogens (primary N) is 1. The fourth-order valence-corrected chi connectivity index (χ4v) is 3.42. The number of rotatable bonds is 8. The maximum absolute atomic E-state index is 14.5. The lowest BCUT2D eigenvalue weighted by Gasteiger charge is -2.14. The molecule has 0 saturated heterocycles. The number of benzene rings is 1. The fourth-order valence-electron chi connectivity index (χ4n) is 3.15. The highest BCUT2D eigenvalue weighted by Gasteiger charge is 2.19. The number of nitrogens with one attached hydrogen (secondary N) is 1. The molecule has 0 saturated carbocycles. The van der Waals surface area contributed by atoms with Crippen molar-refractivity contribution in [2.24, 2.45) is 0 Å². The Morgan fingerprint density at radius 3 is 2.60 bits per heavy atom. The van der Waals surface area contributed by atoms with E-state index in [0.717, 1.165) is 18.2 Å². The molecular formula is C21H17F3N5O5P. The van der Waals surface area contributed by atoms with E-state index < -0.39 is 37.7 Å². The highest BCUT2D eigenvalue weighted by Crippen LogP contribution is 2.31. The summed E-state index contributed by atoms with van der Waals surface area (Å²) in [7, 11) is -4.95. The minimum Gasteiger partial charge on any atom is -0.756 e. The van der Waals surface area contributed by atoms with Crippen LogP contribution in [-0.4, -0.2) is 15.0 Å². The van der Waals surface area contributed by atoms with Crippen molar-refractivity contribution in [1.82, 2.24) is 10.1 Å². The standard InChI is InChI=1S/C21H17F3N5O5P/c22-15-4-1-5-16(23)19(15)27-21-17(24)8-12(10-26-21)7-13-9-18(34-28-13)14-3-2-6-29(20(14)25)11-33-35(30,31)32/h1-6,8-10,25H,7,11H2,(H3,26,27,30,31,32). The molecule has 10 nitrogen and oxygen atoms in total. The predicted molar refractivity (Wildman–Crippen MR) is 114 cm³/mol. The van der Waals surface area contributed by atoms with Crippen molar-refractivity contribution in [3.8, 4) is 11.3 Å². The van der Waals surface area contributed by atoms with Crippen LogP contribution in [0.25, 0.3) is 11.3 Å². The topological polar surface area (TPSA) is 150 Å². The van der Waals surface area contributed by atoms with Crippen molar-refractivity contribution >= 4 is 25.1 Å². The number of hydrogen-bond donors (Lipinski definition) is 3. The SMILES string of the molecule is Nc1c(-c2cc(Cc3cnc(Nc4c(F)cccc4F)c(F)c3)no2)ccc[n+]1COP(=O)([O-])O. The highest BCUT2D eigenvalue weighted by atomic mass is 31.2. The largest absolute Gasteiger partial charge is 0.756 e. The van der Waals surface area contributed by atoms with Gasteiger partial charge in [0.15, 0.2) is 24.1 Å². The van der Waals surface area contributed by atoms with Gasteiger partial charge in [0.2, 0.25) is 0 Å². The summed E-state index contributed by atoms with van der Waals surface area (Å²) in [5, 5.41) is 6.22. The molecule has 4 rings (SSSR count). The van der Waals surface area contributed by atoms with Gasteiger partial charge in [-0.05, 0) is 35.9 Å². The average molecular weight is 507 g/mol. The Labute approximate surface area is 196 Å². The summed E-state index contributed by atoms with van der Waals surface area (Å²) in [5.74, 6) is -2.65. The number of nitrogens with zero attached hydrogens (tertiary/aromatic N) is 3. The van der Waals surface area contributed by atoms with Crippen LogP contribution in [0, 0.1) is 17.5 Å². The first kappa shape index (κ1) is 24.4. The van der Waals surface area contributed by atoms with Gasteiger partial charge in [-0.2, -0.15) is 0 Å². The van der Waals surface area contributed by atoms with Crippen molar-refractivity contribution in [3.63, 3.8) is 0 Å². The quantitative estimate of drug-likeness (QED) is 0.242. The third kappa shape index (κ3) is 5.84. The van der Waals surface area contributed by atoms with E-state index in [0.29, 0.717) is 16.8 Å². The number of phosphoric ester groups is 1. The molecule has 1 atom stereocenters.